The molecule has 0 saturated heterocycles. The summed E-state index contributed by atoms with van der Waals surface area (Å²) in [5.74, 6) is -13.6. The van der Waals surface area contributed by atoms with E-state index in [1.54, 1.807) is 0 Å². The van der Waals surface area contributed by atoms with E-state index in [1.807, 2.05) is 0 Å². The fourth-order valence-corrected chi connectivity index (χ4v) is 16.8. The minimum absolute atomic E-state index is 0.217. The summed E-state index contributed by atoms with van der Waals surface area (Å²) >= 11 is 0. The van der Waals surface area contributed by atoms with Crippen LogP contribution in [0.2, 0.25) is 0 Å². The van der Waals surface area contributed by atoms with Gasteiger partial charge in [0.1, 0.15) is 51.7 Å². The molecule has 0 saturated carbocycles. The summed E-state index contributed by atoms with van der Waals surface area (Å²) in [4.78, 5) is 0. The van der Waals surface area contributed by atoms with Crippen LogP contribution in [0.5, 0.6) is 51.7 Å². The van der Waals surface area contributed by atoms with Crippen LogP contribution in [-0.2, 0) is 107 Å². The molecule has 0 aliphatic rings. The molecule has 732 valence electrons. The van der Waals surface area contributed by atoms with Gasteiger partial charge in [0.15, 0.2) is 0 Å². The smallest absolute Gasteiger partial charge is 0.376 e. The van der Waals surface area contributed by atoms with Crippen molar-refractivity contribution in [1.82, 2.24) is 0 Å². The van der Waals surface area contributed by atoms with E-state index in [0.717, 1.165) is 0 Å². The molecule has 0 unspecified atom stereocenters. The molecule has 0 aliphatic carbocycles. The molecule has 0 fully saturated rings. The lowest BCUT2D eigenvalue weighted by Gasteiger charge is -2.43. The third-order valence-electron chi connectivity index (χ3n) is 18.2. The molecule has 10 rings (SSSR count). The van der Waals surface area contributed by atoms with Crippen LogP contribution in [0.25, 0.3) is 0 Å². The maximum atomic E-state index is 14.3. The van der Waals surface area contributed by atoms with E-state index in [4.69, 9.17) is 0 Å². The molecule has 27 nitrogen and oxygen atoms in total. The lowest BCUT2D eigenvalue weighted by Crippen LogP contribution is -2.37. The van der Waals surface area contributed by atoms with Crippen LogP contribution in [0.1, 0.15) is 66.8 Å². The van der Waals surface area contributed by atoms with Crippen molar-refractivity contribution in [1.29, 1.82) is 0 Å². The Bertz CT molecular complexity index is 5890. The Morgan fingerprint density at radius 1 is 0.126 bits per heavy atom. The third-order valence-corrected chi connectivity index (χ3v) is 27.0. The Hall–Kier alpha value is -11.9. The first kappa shape index (κ1) is 105. The standard InChI is InChI=1S/C72H39F27O27S9/c73-64(74,75)127(100,101)118-52-19-1-40(2-20-52)61(41-3-21-53(22-4-41)119-128(102,103)65(76,77)78,42-5-23-54(24-6-42)120-129(104,105)66(79,80)81)49-37-50(62(43-7-25-55(26-8-43)121-130(106,107)67(82,83)84,44-9-27-56(28-10-44)122-131(108,109)68(85,86)87)45-11-29-57(30-12-45)123-132(110,111)69(88,89)90)39-51(38-49)63(46-13-31-58(32-14-46)124-133(112,113)70(91,92)93,47-15-33-59(34-16-47)125-134(114,115)71(94,95)96)48-17-35-60(36-18-48)126-135(116,117)72(97,98)99/h1-39H. The van der Waals surface area contributed by atoms with Crippen molar-refractivity contribution in [2.24, 2.45) is 0 Å². The largest absolute Gasteiger partial charge is 0.534 e. The van der Waals surface area contributed by atoms with Crippen LogP contribution < -0.4 is 37.6 Å². The van der Waals surface area contributed by atoms with Gasteiger partial charge in [-0.3, -0.25) is 0 Å². The summed E-state index contributed by atoms with van der Waals surface area (Å²) < 4.78 is 653. The monoisotopic (exact) mass is 2140 g/mol. The van der Waals surface area contributed by atoms with Gasteiger partial charge in [0.25, 0.3) is 0 Å². The van der Waals surface area contributed by atoms with E-state index < -0.39 is 275 Å². The minimum Gasteiger partial charge on any atom is -0.376 e. The van der Waals surface area contributed by atoms with Gasteiger partial charge in [0, 0.05) is 0 Å². The van der Waals surface area contributed by atoms with Crippen molar-refractivity contribution in [2.45, 2.75) is 65.8 Å². The van der Waals surface area contributed by atoms with E-state index >= 15 is 0 Å². The second kappa shape index (κ2) is 35.3. The van der Waals surface area contributed by atoms with Crippen LogP contribution in [0.15, 0.2) is 237 Å². The highest BCUT2D eigenvalue weighted by molar-refractivity contribution is 7.90. The Balaban J connectivity index is 1.61. The highest BCUT2D eigenvalue weighted by atomic mass is 32.3. The van der Waals surface area contributed by atoms with E-state index in [-0.39, 0.29) is 109 Å². The zero-order valence-corrected chi connectivity index (χ0v) is 71.3. The van der Waals surface area contributed by atoms with Gasteiger partial charge in [-0.2, -0.15) is 194 Å². The van der Waals surface area contributed by atoms with Gasteiger partial charge in [0.2, 0.25) is 0 Å². The summed E-state index contributed by atoms with van der Waals surface area (Å²) in [6, 6.07) is 13.0. The number of rotatable bonds is 30. The van der Waals surface area contributed by atoms with Crippen molar-refractivity contribution >= 4 is 91.1 Å². The number of alkyl halides is 27. The molecule has 0 bridgehead atoms. The Morgan fingerprint density at radius 2 is 0.200 bits per heavy atom. The number of hydrogen-bond donors (Lipinski definition) is 0. The van der Waals surface area contributed by atoms with Gasteiger partial charge in [0.05, 0.1) is 16.2 Å². The highest BCUT2D eigenvalue weighted by Crippen LogP contribution is 2.57. The molecule has 10 aromatic rings. The average Bonchev–Trinajstić information content (AvgIpc) is 0.695. The summed E-state index contributed by atoms with van der Waals surface area (Å²) in [5, 5.41) is 0. The molecule has 10 aromatic carbocycles. The first-order valence-electron chi connectivity index (χ1n) is 34.4. The maximum absolute atomic E-state index is 14.3. The predicted octanol–water partition coefficient (Wildman–Crippen LogP) is 16.9. The molecule has 0 heterocycles. The van der Waals surface area contributed by atoms with E-state index in [9.17, 15) is 194 Å². The SMILES string of the molecule is O=S(=O)(Oc1ccc(C(c2ccc(OS(=O)(=O)C(F)(F)F)cc2)(c2ccc(OS(=O)(=O)C(F)(F)F)cc2)c2cc(C(c3ccc(OS(=O)(=O)C(F)(F)F)cc3)(c3ccc(OS(=O)(=O)C(F)(F)F)cc3)c3ccc(OS(=O)(=O)C(F)(F)F)cc3)cc(C(c3ccc(OS(=O)(=O)C(F)(F)F)cc3)(c3ccc(OS(=O)(=O)C(F)(F)F)cc3)c3ccc(OS(=O)(=O)C(F)(F)F)cc3)c2)cc1)C(F)(F)F. The molecule has 0 atom stereocenters. The van der Waals surface area contributed by atoms with Crippen molar-refractivity contribution in [3.8, 4) is 51.7 Å². The fraction of sp³-hybridized carbons (Fsp3) is 0.167. The quantitative estimate of drug-likeness (QED) is 0.0175. The van der Waals surface area contributed by atoms with E-state index in [2.05, 4.69) is 37.6 Å². The molecule has 0 amide bonds. The van der Waals surface area contributed by atoms with Crippen molar-refractivity contribution in [3.63, 3.8) is 0 Å². The average molecular weight is 2140 g/mol. The van der Waals surface area contributed by atoms with Crippen LogP contribution in [-0.4, -0.2) is 125 Å². The molecule has 135 heavy (non-hydrogen) atoms. The summed E-state index contributed by atoms with van der Waals surface area (Å²) in [7, 11) is -62.5. The van der Waals surface area contributed by atoms with Crippen LogP contribution in [0.4, 0.5) is 119 Å². The fourth-order valence-electron chi connectivity index (χ4n) is 12.7. The first-order chi connectivity index (χ1) is 61.2. The number of hydrogen-bond acceptors (Lipinski definition) is 27. The van der Waals surface area contributed by atoms with Crippen LogP contribution in [0.3, 0.4) is 0 Å². The Kier molecular flexibility index (Phi) is 27.5. The molecule has 0 radical (unpaired) electrons. The second-order valence-electron chi connectivity index (χ2n) is 26.6. The molecule has 0 aliphatic heterocycles. The topological polar surface area (TPSA) is 390 Å². The van der Waals surface area contributed by atoms with Crippen molar-refractivity contribution < 1.29 is 232 Å². The minimum atomic E-state index is -6.94. The maximum Gasteiger partial charge on any atom is 0.534 e. The highest BCUT2D eigenvalue weighted by Gasteiger charge is 2.57. The van der Waals surface area contributed by atoms with E-state index in [0.29, 0.717) is 127 Å². The molecule has 0 aromatic heterocycles. The van der Waals surface area contributed by atoms with Crippen LogP contribution in [0, 0.1) is 0 Å². The third kappa shape index (κ3) is 21.2. The normalized spacial score (nSPS) is 14.0. The Labute approximate surface area is 739 Å². The summed E-state index contributed by atoms with van der Waals surface area (Å²) in [6.45, 7) is 0. The molecular formula is C72H39F27O27S9. The lowest BCUT2D eigenvalue weighted by atomic mass is 9.58. The predicted molar refractivity (Wildman–Crippen MR) is 402 cm³/mol. The van der Waals surface area contributed by atoms with Gasteiger partial charge in [-0.1, -0.05) is 127 Å². The Morgan fingerprint density at radius 3 is 0.267 bits per heavy atom. The number of benzene rings is 10. The molecule has 0 spiro atoms. The molecular weight excluding hydrogens is 2100 g/mol. The zero-order valence-electron chi connectivity index (χ0n) is 63.9. The summed E-state index contributed by atoms with van der Waals surface area (Å²) in [5.41, 5.74) is -80.7. The zero-order chi connectivity index (χ0) is 102. The van der Waals surface area contributed by atoms with Gasteiger partial charge in [-0.05, 0) is 176 Å². The lowest BCUT2D eigenvalue weighted by molar-refractivity contribution is -0.0504. The van der Waals surface area contributed by atoms with Crippen molar-refractivity contribution in [3.05, 3.63) is 303 Å². The first-order valence-corrected chi connectivity index (χ1v) is 47.1. The van der Waals surface area contributed by atoms with Crippen molar-refractivity contribution in [2.75, 3.05) is 0 Å². The van der Waals surface area contributed by atoms with Crippen LogP contribution >= 0.6 is 0 Å². The van der Waals surface area contributed by atoms with E-state index in [1.165, 1.54) is 0 Å². The number of halogens is 27. The molecule has 0 N–H and O–H groups in total. The van der Waals surface area contributed by atoms with Gasteiger partial charge in [-0.15, -0.1) is 0 Å². The second-order valence-corrected chi connectivity index (χ2v) is 40.5. The van der Waals surface area contributed by atoms with Gasteiger partial charge in [-0.25, -0.2) is 0 Å². The van der Waals surface area contributed by atoms with Gasteiger partial charge >= 0.3 is 141 Å². The molecule has 63 heteroatoms. The van der Waals surface area contributed by atoms with Gasteiger partial charge < -0.3 is 37.6 Å². The summed E-state index contributed by atoms with van der Waals surface area (Å²) in [6.07, 6.45) is 0.